The van der Waals surface area contributed by atoms with Crippen molar-refractivity contribution in [1.29, 1.82) is 0 Å². The van der Waals surface area contributed by atoms with Crippen molar-refractivity contribution >= 4 is 10.8 Å². The number of hydrogen-bond acceptors (Lipinski definition) is 5. The maximum Gasteiger partial charge on any atom is 0.201 e. The van der Waals surface area contributed by atoms with Gasteiger partial charge in [-0.3, -0.25) is 0 Å². The van der Waals surface area contributed by atoms with E-state index in [0.29, 0.717) is 17.8 Å². The van der Waals surface area contributed by atoms with Crippen LogP contribution in [-0.2, 0) is 19.2 Å². The molecule has 2 aromatic rings. The van der Waals surface area contributed by atoms with E-state index in [2.05, 4.69) is 50.2 Å². The highest BCUT2D eigenvalue weighted by Crippen LogP contribution is 2.63. The molecule has 4 heterocycles. The fourth-order valence-electron chi connectivity index (χ4n) is 6.98. The second-order valence-corrected chi connectivity index (χ2v) is 10.2. The van der Waals surface area contributed by atoms with Gasteiger partial charge in [-0.05, 0) is 60.8 Å². The predicted molar refractivity (Wildman–Crippen MR) is 116 cm³/mol. The molecule has 0 radical (unpaired) electrons. The highest BCUT2D eigenvalue weighted by molar-refractivity contribution is 5.88. The zero-order valence-corrected chi connectivity index (χ0v) is 18.8. The van der Waals surface area contributed by atoms with Crippen molar-refractivity contribution < 1.29 is 24.0 Å². The summed E-state index contributed by atoms with van der Waals surface area (Å²) < 4.78 is 19.3. The molecule has 0 N–H and O–H groups in total. The van der Waals surface area contributed by atoms with Crippen LogP contribution in [0.15, 0.2) is 36.4 Å². The summed E-state index contributed by atoms with van der Waals surface area (Å²) in [5.74, 6) is 1.58. The van der Waals surface area contributed by atoms with Crippen LogP contribution in [0, 0.1) is 23.7 Å². The Morgan fingerprint density at radius 3 is 2.65 bits per heavy atom. The van der Waals surface area contributed by atoms with Crippen molar-refractivity contribution in [2.75, 3.05) is 7.11 Å². The molecule has 5 heteroatoms. The first-order valence-electron chi connectivity index (χ1n) is 11.7. The van der Waals surface area contributed by atoms with Gasteiger partial charge in [0.25, 0.3) is 0 Å². The Balaban J connectivity index is 1.51. The van der Waals surface area contributed by atoms with E-state index in [-0.39, 0.29) is 12.0 Å². The van der Waals surface area contributed by atoms with Crippen LogP contribution in [0.5, 0.6) is 5.75 Å². The maximum absolute atomic E-state index is 6.89. The van der Waals surface area contributed by atoms with Crippen LogP contribution in [0.2, 0.25) is 0 Å². The van der Waals surface area contributed by atoms with Gasteiger partial charge in [-0.25, -0.2) is 9.78 Å². The van der Waals surface area contributed by atoms with Gasteiger partial charge < -0.3 is 14.2 Å². The molecule has 0 unspecified atom stereocenters. The number of methoxy groups -OCH3 is 1. The topological polar surface area (TPSA) is 46.2 Å². The first-order valence-corrected chi connectivity index (χ1v) is 11.7. The Morgan fingerprint density at radius 1 is 0.968 bits per heavy atom. The molecule has 1 aliphatic carbocycles. The first kappa shape index (κ1) is 20.0. The van der Waals surface area contributed by atoms with Gasteiger partial charge >= 0.3 is 0 Å². The molecule has 31 heavy (non-hydrogen) atoms. The van der Waals surface area contributed by atoms with Crippen LogP contribution in [0.25, 0.3) is 10.8 Å². The predicted octanol–water partition coefficient (Wildman–Crippen LogP) is 5.77. The Kier molecular flexibility index (Phi) is 4.46. The van der Waals surface area contributed by atoms with Crippen LogP contribution in [0.3, 0.4) is 0 Å². The summed E-state index contributed by atoms with van der Waals surface area (Å²) in [6.07, 6.45) is 3.58. The third-order valence-electron chi connectivity index (χ3n) is 8.59. The van der Waals surface area contributed by atoms with Gasteiger partial charge in [0.15, 0.2) is 11.9 Å². The summed E-state index contributed by atoms with van der Waals surface area (Å²) in [7, 11) is 1.74. The zero-order chi connectivity index (χ0) is 21.4. The fourth-order valence-corrected chi connectivity index (χ4v) is 6.98. The van der Waals surface area contributed by atoms with Crippen molar-refractivity contribution in [2.45, 2.75) is 70.2 Å². The van der Waals surface area contributed by atoms with Gasteiger partial charge in [-0.15, -0.1) is 0 Å². The van der Waals surface area contributed by atoms with E-state index in [9.17, 15) is 0 Å². The lowest BCUT2D eigenvalue weighted by Crippen LogP contribution is -2.69. The Bertz CT molecular complexity index is 1010. The van der Waals surface area contributed by atoms with Gasteiger partial charge in [-0.1, -0.05) is 44.2 Å². The Labute approximate surface area is 183 Å². The first-order chi connectivity index (χ1) is 15.0. The van der Waals surface area contributed by atoms with Crippen molar-refractivity contribution in [3.05, 3.63) is 42.0 Å². The summed E-state index contributed by atoms with van der Waals surface area (Å²) in [4.78, 5) is 12.3. The lowest BCUT2D eigenvalue weighted by atomic mass is 9.57. The van der Waals surface area contributed by atoms with Gasteiger partial charge in [0.1, 0.15) is 5.75 Å². The molecule has 166 valence electrons. The molecule has 2 bridgehead atoms. The molecule has 8 atom stereocenters. The molecule has 5 fully saturated rings. The van der Waals surface area contributed by atoms with Crippen LogP contribution in [-0.4, -0.2) is 24.8 Å². The molecule has 0 aromatic heterocycles. The fraction of sp³-hybridized carbons (Fsp3) is 0.615. The molecule has 7 rings (SSSR count). The van der Waals surface area contributed by atoms with Crippen LogP contribution >= 0.6 is 0 Å². The monoisotopic (exact) mass is 424 g/mol. The molecular weight excluding hydrogens is 392 g/mol. The summed E-state index contributed by atoms with van der Waals surface area (Å²) in [5.41, 5.74) is 0.578. The standard InChI is InChI=1S/C26H32O5/c1-15-9-11-20-16(2)23(22-18-8-6-5-7-17(18)10-12-21(22)27-4)28-24-26(20)19(15)13-14-25(3,29-24)30-31-26/h5-8,10,12,15-16,19-20,23-24H,9,11,13-14H2,1-4H3/t15-,16-,19+,20+,23-,24-,25-,26-/m1/s1. The molecule has 1 saturated carbocycles. The average Bonchev–Trinajstić information content (AvgIpc) is 3.01. The highest BCUT2D eigenvalue weighted by Gasteiger charge is 2.69. The number of rotatable bonds is 2. The molecular formula is C26H32O5. The smallest absolute Gasteiger partial charge is 0.201 e. The Morgan fingerprint density at radius 2 is 1.81 bits per heavy atom. The molecule has 4 saturated heterocycles. The van der Waals surface area contributed by atoms with E-state index in [0.717, 1.165) is 30.6 Å². The average molecular weight is 425 g/mol. The van der Waals surface area contributed by atoms with E-state index >= 15 is 0 Å². The van der Waals surface area contributed by atoms with Gasteiger partial charge in [0.05, 0.1) is 13.2 Å². The zero-order valence-electron chi connectivity index (χ0n) is 18.8. The lowest BCUT2D eigenvalue weighted by Gasteiger charge is -2.60. The third-order valence-corrected chi connectivity index (χ3v) is 8.59. The van der Waals surface area contributed by atoms with Crippen LogP contribution in [0.1, 0.15) is 58.1 Å². The SMILES string of the molecule is COc1ccc2ccccc2c1[C@@H]1O[C@@H]2O[C@@]3(C)CC[C@H]4[C@H](C)CC[C@@H]([C@H]1C)[C@@]24OO3. The third kappa shape index (κ3) is 2.70. The molecule has 4 aliphatic heterocycles. The maximum atomic E-state index is 6.89. The number of hydrogen-bond donors (Lipinski definition) is 0. The quantitative estimate of drug-likeness (QED) is 0.573. The molecule has 5 nitrogen and oxygen atoms in total. The number of fused-ring (bicyclic) bond motifs is 3. The van der Waals surface area contributed by atoms with Crippen molar-refractivity contribution in [1.82, 2.24) is 0 Å². The summed E-state index contributed by atoms with van der Waals surface area (Å²) in [6, 6.07) is 12.7. The summed E-state index contributed by atoms with van der Waals surface area (Å²) in [5, 5.41) is 2.37. The van der Waals surface area contributed by atoms with Crippen molar-refractivity contribution in [2.24, 2.45) is 23.7 Å². The highest BCUT2D eigenvalue weighted by atomic mass is 17.3. The van der Waals surface area contributed by atoms with E-state index in [1.165, 1.54) is 17.2 Å². The van der Waals surface area contributed by atoms with Crippen molar-refractivity contribution in [3.63, 3.8) is 0 Å². The molecule has 0 amide bonds. The molecule has 5 aliphatic rings. The second-order valence-electron chi connectivity index (χ2n) is 10.2. The largest absolute Gasteiger partial charge is 0.496 e. The normalized spacial score (nSPS) is 44.0. The number of ether oxygens (including phenoxy) is 3. The Hall–Kier alpha value is -1.66. The van der Waals surface area contributed by atoms with Crippen LogP contribution < -0.4 is 4.74 Å². The van der Waals surface area contributed by atoms with E-state index in [1.807, 2.05) is 6.92 Å². The summed E-state index contributed by atoms with van der Waals surface area (Å²) in [6.45, 7) is 6.63. The lowest BCUT2D eigenvalue weighted by molar-refractivity contribution is -0.571. The van der Waals surface area contributed by atoms with Crippen LogP contribution in [0.4, 0.5) is 0 Å². The second kappa shape index (κ2) is 6.92. The minimum absolute atomic E-state index is 0.137. The molecule has 1 spiro atoms. The van der Waals surface area contributed by atoms with Gasteiger partial charge in [0.2, 0.25) is 5.79 Å². The van der Waals surface area contributed by atoms with E-state index in [4.69, 9.17) is 24.0 Å². The minimum atomic E-state index is -0.758. The number of benzene rings is 2. The molecule has 2 aromatic carbocycles. The van der Waals surface area contributed by atoms with Gasteiger partial charge in [-0.2, -0.15) is 0 Å². The van der Waals surface area contributed by atoms with Crippen molar-refractivity contribution in [3.8, 4) is 5.75 Å². The van der Waals surface area contributed by atoms with E-state index < -0.39 is 17.7 Å². The minimum Gasteiger partial charge on any atom is -0.496 e. The summed E-state index contributed by atoms with van der Waals surface area (Å²) >= 11 is 0. The van der Waals surface area contributed by atoms with Gasteiger partial charge in [0, 0.05) is 17.9 Å². The van der Waals surface area contributed by atoms with E-state index in [1.54, 1.807) is 7.11 Å².